The number of aromatic nitrogens is 1. The van der Waals surface area contributed by atoms with Crippen molar-refractivity contribution in [2.45, 2.75) is 108 Å². The number of methoxy groups -OCH3 is 1. The topological polar surface area (TPSA) is 166 Å². The molecule has 1 aromatic carbocycles. The van der Waals surface area contributed by atoms with Crippen molar-refractivity contribution in [3.63, 3.8) is 0 Å². The maximum absolute atomic E-state index is 14.5. The summed E-state index contributed by atoms with van der Waals surface area (Å²) in [7, 11) is 1.57. The molecule has 50 heavy (non-hydrogen) atoms. The highest BCUT2D eigenvalue weighted by molar-refractivity contribution is 5.96. The number of carboxylic acid groups (broad SMARTS) is 1. The Morgan fingerprint density at radius 3 is 2.64 bits per heavy atom. The second-order valence-electron chi connectivity index (χ2n) is 14.0. The predicted molar refractivity (Wildman–Crippen MR) is 183 cm³/mol. The lowest BCUT2D eigenvalue weighted by Gasteiger charge is -2.30. The SMILES string of the molecule is CCOc1cc(O[C@@H]2CC3C(=O)N[C@]4(C(=O)O)C[C@@H]4/C=C\CC[C@@H](C)CC[C@H](NC(=O)OC4CCCC4)C(=O)N3C2)c2ccc(OC)cc2n1. The van der Waals surface area contributed by atoms with Gasteiger partial charge < -0.3 is 39.6 Å². The Morgan fingerprint density at radius 2 is 1.90 bits per heavy atom. The highest BCUT2D eigenvalue weighted by Crippen LogP contribution is 2.45. The van der Waals surface area contributed by atoms with Gasteiger partial charge in [0, 0.05) is 29.9 Å². The zero-order valence-electron chi connectivity index (χ0n) is 29.0. The lowest BCUT2D eigenvalue weighted by atomic mass is 9.96. The van der Waals surface area contributed by atoms with E-state index in [4.69, 9.17) is 18.9 Å². The third-order valence-corrected chi connectivity index (χ3v) is 10.4. The molecule has 1 unspecified atom stereocenters. The fourth-order valence-corrected chi connectivity index (χ4v) is 7.45. The molecule has 6 rings (SSSR count). The van der Waals surface area contributed by atoms with Crippen LogP contribution in [0.15, 0.2) is 36.4 Å². The number of rotatable bonds is 8. The van der Waals surface area contributed by atoms with Crippen LogP contribution in [0.4, 0.5) is 4.79 Å². The summed E-state index contributed by atoms with van der Waals surface area (Å²) in [6, 6.07) is 5.09. The first-order valence-electron chi connectivity index (χ1n) is 17.9. The molecule has 4 aliphatic rings. The van der Waals surface area contributed by atoms with Crippen molar-refractivity contribution >= 4 is 34.8 Å². The van der Waals surface area contributed by atoms with E-state index in [-0.39, 0.29) is 37.3 Å². The van der Waals surface area contributed by atoms with E-state index in [1.54, 1.807) is 25.3 Å². The van der Waals surface area contributed by atoms with Crippen molar-refractivity contribution in [1.29, 1.82) is 0 Å². The number of benzene rings is 1. The van der Waals surface area contributed by atoms with Crippen LogP contribution in [0.5, 0.6) is 17.4 Å². The fraction of sp³-hybridized carbons (Fsp3) is 0.595. The molecule has 2 aromatic rings. The molecule has 3 amide bonds. The van der Waals surface area contributed by atoms with Crippen LogP contribution in [0.2, 0.25) is 0 Å². The molecule has 2 aliphatic heterocycles. The molecule has 3 heterocycles. The van der Waals surface area contributed by atoms with Gasteiger partial charge in [-0.3, -0.25) is 9.59 Å². The van der Waals surface area contributed by atoms with Crippen molar-refractivity contribution < 1.29 is 43.2 Å². The minimum Gasteiger partial charge on any atom is -0.497 e. The van der Waals surface area contributed by atoms with Crippen LogP contribution in [0.3, 0.4) is 0 Å². The average Bonchev–Trinajstić information content (AvgIpc) is 3.36. The number of alkyl carbamates (subject to hydrolysis) is 1. The summed E-state index contributed by atoms with van der Waals surface area (Å²) in [5, 5.41) is 16.5. The second kappa shape index (κ2) is 15.1. The van der Waals surface area contributed by atoms with E-state index in [0.717, 1.165) is 38.5 Å². The van der Waals surface area contributed by atoms with Crippen LogP contribution in [-0.2, 0) is 19.1 Å². The van der Waals surface area contributed by atoms with Crippen LogP contribution in [0.1, 0.15) is 78.1 Å². The number of carbonyl (C=O) groups excluding carboxylic acids is 3. The number of pyridine rings is 1. The van der Waals surface area contributed by atoms with Crippen LogP contribution < -0.4 is 24.8 Å². The molecule has 1 aromatic heterocycles. The second-order valence-corrected chi connectivity index (χ2v) is 14.0. The molecule has 6 atom stereocenters. The van der Waals surface area contributed by atoms with Gasteiger partial charge in [0.2, 0.25) is 17.7 Å². The standard InChI is InChI=1S/C37H48N4O9/c1-4-48-32-19-31(27-15-14-25(47-3)17-29(27)38-32)49-26-18-30-33(42)40-37(35(44)45)20-23(37)10-6-5-9-22(2)13-16-28(34(43)41(30)21-26)39-36(46)50-24-11-7-8-12-24/h6,10,14-15,17,19,22-24,26,28,30H,4-5,7-9,11-13,16,18,20-21H2,1-3H3,(H,39,46)(H,40,42)(H,44,45)/b10-6-/t22-,23+,26-,28+,30?,37-/m1/s1. The monoisotopic (exact) mass is 692 g/mol. The molecule has 3 fully saturated rings. The summed E-state index contributed by atoms with van der Waals surface area (Å²) in [6.45, 7) is 4.37. The average molecular weight is 693 g/mol. The summed E-state index contributed by atoms with van der Waals surface area (Å²) in [4.78, 5) is 60.1. The maximum atomic E-state index is 14.5. The molecule has 2 aliphatic carbocycles. The molecular formula is C37H48N4O9. The van der Waals surface area contributed by atoms with E-state index in [9.17, 15) is 24.3 Å². The molecule has 0 bridgehead atoms. The van der Waals surface area contributed by atoms with Gasteiger partial charge >= 0.3 is 12.1 Å². The van der Waals surface area contributed by atoms with Crippen molar-refractivity contribution in [2.24, 2.45) is 11.8 Å². The number of nitrogens with one attached hydrogen (secondary N) is 2. The van der Waals surface area contributed by atoms with E-state index in [0.29, 0.717) is 47.7 Å². The Labute approximate surface area is 292 Å². The Morgan fingerprint density at radius 1 is 1.10 bits per heavy atom. The van der Waals surface area contributed by atoms with Gasteiger partial charge in [-0.1, -0.05) is 19.1 Å². The molecule has 2 saturated carbocycles. The molecule has 3 N–H and O–H groups in total. The fourth-order valence-electron chi connectivity index (χ4n) is 7.45. The van der Waals surface area contributed by atoms with Gasteiger partial charge in [-0.25, -0.2) is 14.6 Å². The number of allylic oxidation sites excluding steroid dienone is 1. The Bertz CT molecular complexity index is 1630. The number of hydrogen-bond donors (Lipinski definition) is 3. The van der Waals surface area contributed by atoms with Gasteiger partial charge in [0.05, 0.1) is 25.8 Å². The first kappa shape index (κ1) is 35.3. The Hall–Kier alpha value is -4.55. The van der Waals surface area contributed by atoms with E-state index in [1.165, 1.54) is 4.90 Å². The third kappa shape index (κ3) is 7.76. The smallest absolute Gasteiger partial charge is 0.408 e. The number of hydrogen-bond acceptors (Lipinski definition) is 9. The summed E-state index contributed by atoms with van der Waals surface area (Å²) in [6.07, 6.45) is 8.91. The van der Waals surface area contributed by atoms with Crippen molar-refractivity contribution in [3.8, 4) is 17.4 Å². The first-order chi connectivity index (χ1) is 24.1. The van der Waals surface area contributed by atoms with Gasteiger partial charge in [-0.2, -0.15) is 0 Å². The number of amides is 3. The van der Waals surface area contributed by atoms with Crippen LogP contribution in [0.25, 0.3) is 10.9 Å². The Kier molecular flexibility index (Phi) is 10.7. The molecule has 0 radical (unpaired) electrons. The minimum absolute atomic E-state index is 0.0374. The number of nitrogens with zero attached hydrogens (tertiary/aromatic N) is 2. The molecule has 270 valence electrons. The molecule has 0 spiro atoms. The number of fused-ring (bicyclic) bond motifs is 3. The van der Waals surface area contributed by atoms with Crippen LogP contribution in [0, 0.1) is 11.8 Å². The van der Waals surface area contributed by atoms with Gasteiger partial charge in [0.25, 0.3) is 0 Å². The molecule has 13 nitrogen and oxygen atoms in total. The van der Waals surface area contributed by atoms with Crippen LogP contribution >= 0.6 is 0 Å². The molecule has 1 saturated heterocycles. The molecule has 13 heteroatoms. The largest absolute Gasteiger partial charge is 0.497 e. The summed E-state index contributed by atoms with van der Waals surface area (Å²) >= 11 is 0. The lowest BCUT2D eigenvalue weighted by molar-refractivity contribution is -0.145. The predicted octanol–water partition coefficient (Wildman–Crippen LogP) is 4.75. The van der Waals surface area contributed by atoms with E-state index in [1.807, 2.05) is 25.1 Å². The Balaban J connectivity index is 1.31. The van der Waals surface area contributed by atoms with Crippen molar-refractivity contribution in [3.05, 3.63) is 36.4 Å². The summed E-state index contributed by atoms with van der Waals surface area (Å²) in [5.41, 5.74) is -0.856. The van der Waals surface area contributed by atoms with Gasteiger partial charge in [-0.15, -0.1) is 0 Å². The van der Waals surface area contributed by atoms with Gasteiger partial charge in [0.1, 0.15) is 41.3 Å². The number of carbonyl (C=O) groups is 4. The number of carboxylic acids is 1. The van der Waals surface area contributed by atoms with E-state index >= 15 is 0 Å². The normalized spacial score (nSPS) is 29.5. The summed E-state index contributed by atoms with van der Waals surface area (Å²) in [5.74, 6) is -0.816. The zero-order chi connectivity index (χ0) is 35.4. The highest BCUT2D eigenvalue weighted by Gasteiger charge is 2.61. The van der Waals surface area contributed by atoms with Crippen LogP contribution in [-0.4, -0.2) is 89.0 Å². The van der Waals surface area contributed by atoms with E-state index < -0.39 is 47.6 Å². The quantitative estimate of drug-likeness (QED) is 0.329. The van der Waals surface area contributed by atoms with Gasteiger partial charge in [0.15, 0.2) is 0 Å². The minimum atomic E-state index is -1.44. The van der Waals surface area contributed by atoms with Crippen molar-refractivity contribution in [2.75, 3.05) is 20.3 Å². The number of ether oxygens (including phenoxy) is 4. The molecular weight excluding hydrogens is 644 g/mol. The zero-order valence-corrected chi connectivity index (χ0v) is 29.0. The maximum Gasteiger partial charge on any atom is 0.408 e. The van der Waals surface area contributed by atoms with Crippen molar-refractivity contribution in [1.82, 2.24) is 20.5 Å². The number of aliphatic carboxylic acids is 1. The van der Waals surface area contributed by atoms with Gasteiger partial charge in [-0.05, 0) is 82.8 Å². The van der Waals surface area contributed by atoms with E-state index in [2.05, 4.69) is 22.5 Å². The summed E-state index contributed by atoms with van der Waals surface area (Å²) < 4.78 is 23.3. The lowest BCUT2D eigenvalue weighted by Crippen LogP contribution is -2.56. The first-order valence-corrected chi connectivity index (χ1v) is 17.9. The highest BCUT2D eigenvalue weighted by atomic mass is 16.6. The third-order valence-electron chi connectivity index (χ3n) is 10.4.